The van der Waals surface area contributed by atoms with Crippen molar-refractivity contribution < 1.29 is 17.7 Å². The van der Waals surface area contributed by atoms with E-state index in [9.17, 15) is 8.42 Å². The number of hydrogen-bond acceptors (Lipinski definition) is 8. The number of aromatic nitrogens is 4. The van der Waals surface area contributed by atoms with Crippen LogP contribution in [-0.4, -0.2) is 40.9 Å². The molecule has 0 N–H and O–H groups in total. The van der Waals surface area contributed by atoms with E-state index in [1.54, 1.807) is 36.7 Å². The number of sulfone groups is 1. The fourth-order valence-electron chi connectivity index (χ4n) is 4.17. The second-order valence-electron chi connectivity index (χ2n) is 9.12. The summed E-state index contributed by atoms with van der Waals surface area (Å²) in [5.41, 5.74) is 1.46. The summed E-state index contributed by atoms with van der Waals surface area (Å²) in [6, 6.07) is 6.62. The van der Waals surface area contributed by atoms with Crippen LogP contribution in [0.2, 0.25) is 0 Å². The molecule has 176 valence electrons. The molecular weight excluding hydrogens is 440 g/mol. The summed E-state index contributed by atoms with van der Waals surface area (Å²) in [6.45, 7) is 6.21. The summed E-state index contributed by atoms with van der Waals surface area (Å²) < 4.78 is 34.8. The highest BCUT2D eigenvalue weighted by molar-refractivity contribution is 7.90. The van der Waals surface area contributed by atoms with Gasteiger partial charge in [-0.2, -0.15) is 4.98 Å². The molecule has 2 heterocycles. The summed E-state index contributed by atoms with van der Waals surface area (Å²) in [5.74, 6) is 3.04. The van der Waals surface area contributed by atoms with E-state index in [1.807, 2.05) is 0 Å². The Bertz CT molecular complexity index is 1170. The Morgan fingerprint density at radius 3 is 2.24 bits per heavy atom. The minimum atomic E-state index is -3.22. The van der Waals surface area contributed by atoms with Crippen LogP contribution in [0.25, 0.3) is 11.3 Å². The van der Waals surface area contributed by atoms with Gasteiger partial charge in [0.25, 0.3) is 0 Å². The Morgan fingerprint density at radius 2 is 1.70 bits per heavy atom. The highest BCUT2D eigenvalue weighted by atomic mass is 32.2. The van der Waals surface area contributed by atoms with Crippen molar-refractivity contribution in [1.29, 1.82) is 0 Å². The zero-order valence-corrected chi connectivity index (χ0v) is 20.2. The Balaban J connectivity index is 1.32. The first-order valence-electron chi connectivity index (χ1n) is 11.3. The average molecular weight is 471 g/mol. The van der Waals surface area contributed by atoms with E-state index >= 15 is 0 Å². The molecule has 1 aliphatic rings. The van der Waals surface area contributed by atoms with Crippen LogP contribution in [0.1, 0.15) is 70.0 Å². The summed E-state index contributed by atoms with van der Waals surface area (Å²) in [4.78, 5) is 13.7. The van der Waals surface area contributed by atoms with E-state index in [4.69, 9.17) is 9.26 Å². The second-order valence-corrected chi connectivity index (χ2v) is 11.1. The monoisotopic (exact) mass is 470 g/mol. The zero-order valence-electron chi connectivity index (χ0n) is 19.4. The highest BCUT2D eigenvalue weighted by Gasteiger charge is 2.30. The molecule has 0 spiro atoms. The van der Waals surface area contributed by atoms with Gasteiger partial charge in [-0.15, -0.1) is 0 Å². The number of nitrogens with zero attached hydrogens (tertiary/aromatic N) is 4. The molecule has 1 saturated carbocycles. The summed E-state index contributed by atoms with van der Waals surface area (Å²) in [6.07, 6.45) is 8.55. The van der Waals surface area contributed by atoms with Crippen molar-refractivity contribution >= 4 is 9.84 Å². The molecule has 0 saturated heterocycles. The maximum atomic E-state index is 11.6. The molecule has 8 nitrogen and oxygen atoms in total. The molecule has 2 aromatic heterocycles. The smallest absolute Gasteiger partial charge is 0.232 e. The standard InChI is InChI=1S/C24H30N4O4S/c1-15(2)23-27-24(32-28-23)19-7-5-17(6-8-19)16(3)31-22-14-25-21(13-26-22)18-9-11-20(12-10-18)33(4,29)30/h9-17,19H,5-8H2,1-4H3. The molecule has 1 aliphatic carbocycles. The molecule has 4 rings (SSSR count). The van der Waals surface area contributed by atoms with Gasteiger partial charge in [-0.3, -0.25) is 0 Å². The molecule has 0 radical (unpaired) electrons. The fraction of sp³-hybridized carbons (Fsp3) is 0.500. The lowest BCUT2D eigenvalue weighted by Crippen LogP contribution is -2.28. The van der Waals surface area contributed by atoms with Gasteiger partial charge in [0.2, 0.25) is 11.8 Å². The van der Waals surface area contributed by atoms with Gasteiger partial charge in [0, 0.05) is 23.7 Å². The minimum Gasteiger partial charge on any atom is -0.473 e. The third-order valence-corrected chi connectivity index (χ3v) is 7.40. The molecule has 0 aliphatic heterocycles. The summed E-state index contributed by atoms with van der Waals surface area (Å²) >= 11 is 0. The van der Waals surface area contributed by atoms with Crippen molar-refractivity contribution in [2.24, 2.45) is 5.92 Å². The SMILES string of the molecule is CC(C)c1noc(C2CCC(C(C)Oc3cnc(-c4ccc(S(C)(=O)=O)cc4)cn3)CC2)n1. The lowest BCUT2D eigenvalue weighted by molar-refractivity contribution is 0.109. The lowest BCUT2D eigenvalue weighted by Gasteiger charge is -2.30. The third-order valence-electron chi connectivity index (χ3n) is 6.27. The number of benzene rings is 1. The van der Waals surface area contributed by atoms with Gasteiger partial charge < -0.3 is 9.26 Å². The van der Waals surface area contributed by atoms with Gasteiger partial charge in [0.1, 0.15) is 6.10 Å². The average Bonchev–Trinajstić information content (AvgIpc) is 3.30. The van der Waals surface area contributed by atoms with E-state index < -0.39 is 9.84 Å². The van der Waals surface area contributed by atoms with Gasteiger partial charge in [-0.25, -0.2) is 18.4 Å². The van der Waals surface area contributed by atoms with Crippen molar-refractivity contribution in [2.75, 3.05) is 6.26 Å². The first kappa shape index (κ1) is 23.4. The van der Waals surface area contributed by atoms with Crippen LogP contribution in [0.15, 0.2) is 46.1 Å². The van der Waals surface area contributed by atoms with E-state index in [0.717, 1.165) is 43.0 Å². The Kier molecular flexibility index (Phi) is 6.78. The molecule has 33 heavy (non-hydrogen) atoms. The van der Waals surface area contributed by atoms with Crippen molar-refractivity contribution in [3.05, 3.63) is 48.4 Å². The largest absolute Gasteiger partial charge is 0.473 e. The van der Waals surface area contributed by atoms with Gasteiger partial charge in [-0.05, 0) is 50.7 Å². The molecule has 0 bridgehead atoms. The fourth-order valence-corrected chi connectivity index (χ4v) is 4.80. The summed E-state index contributed by atoms with van der Waals surface area (Å²) in [7, 11) is -3.22. The van der Waals surface area contributed by atoms with Crippen molar-refractivity contribution in [1.82, 2.24) is 20.1 Å². The predicted molar refractivity (Wildman–Crippen MR) is 124 cm³/mol. The topological polar surface area (TPSA) is 108 Å². The normalized spacial score (nSPS) is 20.0. The minimum absolute atomic E-state index is 0.0223. The van der Waals surface area contributed by atoms with E-state index in [-0.39, 0.29) is 16.9 Å². The molecule has 1 aromatic carbocycles. The van der Waals surface area contributed by atoms with Crippen LogP contribution >= 0.6 is 0 Å². The zero-order chi connectivity index (χ0) is 23.6. The van der Waals surface area contributed by atoms with Crippen LogP contribution < -0.4 is 4.74 Å². The summed E-state index contributed by atoms with van der Waals surface area (Å²) in [5, 5.41) is 4.09. The van der Waals surface area contributed by atoms with Crippen molar-refractivity contribution in [3.63, 3.8) is 0 Å². The van der Waals surface area contributed by atoms with E-state index in [0.29, 0.717) is 23.4 Å². The van der Waals surface area contributed by atoms with Gasteiger partial charge in [-0.1, -0.05) is 31.1 Å². The number of ether oxygens (including phenoxy) is 1. The molecule has 9 heteroatoms. The second kappa shape index (κ2) is 9.59. The van der Waals surface area contributed by atoms with Gasteiger partial charge in [0.05, 0.1) is 23.0 Å². The van der Waals surface area contributed by atoms with Crippen molar-refractivity contribution in [3.8, 4) is 17.1 Å². The molecular formula is C24H30N4O4S. The Hall–Kier alpha value is -2.81. The highest BCUT2D eigenvalue weighted by Crippen LogP contribution is 2.37. The third kappa shape index (κ3) is 5.58. The lowest BCUT2D eigenvalue weighted by atomic mass is 9.79. The molecule has 3 aromatic rings. The molecule has 1 fully saturated rings. The van der Waals surface area contributed by atoms with Crippen LogP contribution in [0.3, 0.4) is 0 Å². The van der Waals surface area contributed by atoms with E-state index in [1.165, 1.54) is 6.26 Å². The van der Waals surface area contributed by atoms with Gasteiger partial charge in [0.15, 0.2) is 15.7 Å². The van der Waals surface area contributed by atoms with Crippen LogP contribution in [-0.2, 0) is 9.84 Å². The maximum Gasteiger partial charge on any atom is 0.232 e. The molecule has 1 atom stereocenters. The molecule has 0 amide bonds. The maximum absolute atomic E-state index is 11.6. The van der Waals surface area contributed by atoms with Crippen LogP contribution in [0.5, 0.6) is 5.88 Å². The number of hydrogen-bond donors (Lipinski definition) is 0. The van der Waals surface area contributed by atoms with Gasteiger partial charge >= 0.3 is 0 Å². The first-order valence-corrected chi connectivity index (χ1v) is 13.2. The first-order chi connectivity index (χ1) is 15.7. The van der Waals surface area contributed by atoms with E-state index in [2.05, 4.69) is 40.9 Å². The predicted octanol–water partition coefficient (Wildman–Crippen LogP) is 4.79. The molecule has 1 unspecified atom stereocenters. The Labute approximate surface area is 194 Å². The Morgan fingerprint density at radius 1 is 1.00 bits per heavy atom. The quantitative estimate of drug-likeness (QED) is 0.485. The number of rotatable bonds is 7. The van der Waals surface area contributed by atoms with Crippen LogP contribution in [0.4, 0.5) is 0 Å². The van der Waals surface area contributed by atoms with Crippen molar-refractivity contribution in [2.45, 2.75) is 69.3 Å². The van der Waals surface area contributed by atoms with Crippen LogP contribution in [0, 0.1) is 5.92 Å².